The zero-order chi connectivity index (χ0) is 10.7. The molecule has 0 aromatic carbocycles. The molecule has 2 rings (SSSR count). The van der Waals surface area contributed by atoms with Crippen LogP contribution >= 0.6 is 12.4 Å². The summed E-state index contributed by atoms with van der Waals surface area (Å²) in [6, 6.07) is 4.65. The Morgan fingerprint density at radius 1 is 1.38 bits per heavy atom. The van der Waals surface area contributed by atoms with Crippen molar-refractivity contribution in [3.8, 4) is 0 Å². The Morgan fingerprint density at radius 3 is 2.62 bits per heavy atom. The zero-order valence-electron chi connectivity index (χ0n) is 9.72. The number of nitrogens with zero attached hydrogens (tertiary/aromatic N) is 2. The van der Waals surface area contributed by atoms with Gasteiger partial charge in [0.15, 0.2) is 0 Å². The third-order valence-corrected chi connectivity index (χ3v) is 2.99. The molecule has 1 aromatic rings. The second kappa shape index (κ2) is 6.18. The van der Waals surface area contributed by atoms with Crippen molar-refractivity contribution in [2.75, 3.05) is 13.1 Å². The van der Waals surface area contributed by atoms with E-state index in [0.29, 0.717) is 6.04 Å². The highest BCUT2D eigenvalue weighted by atomic mass is 35.5. The van der Waals surface area contributed by atoms with Crippen LogP contribution in [0.25, 0.3) is 0 Å². The van der Waals surface area contributed by atoms with Gasteiger partial charge in [0.05, 0.1) is 5.69 Å². The molecule has 0 aliphatic carbocycles. The van der Waals surface area contributed by atoms with Crippen LogP contribution in [0, 0.1) is 6.92 Å². The standard InChI is InChI=1S/C12H19N3.ClH/c1-10-2-3-12(14-8-10)9-15-6-4-11(13)5-7-15;/h2-3,8,11H,4-7,9,13H2,1H3;1H. The van der Waals surface area contributed by atoms with Gasteiger partial charge in [-0.2, -0.15) is 0 Å². The summed E-state index contributed by atoms with van der Waals surface area (Å²) in [5.74, 6) is 0. The minimum atomic E-state index is 0. The van der Waals surface area contributed by atoms with Gasteiger partial charge in [0.25, 0.3) is 0 Å². The SMILES string of the molecule is Cc1ccc(CN2CCC(N)CC2)nc1.Cl. The summed E-state index contributed by atoms with van der Waals surface area (Å²) < 4.78 is 0. The highest BCUT2D eigenvalue weighted by Crippen LogP contribution is 2.11. The average Bonchev–Trinajstić information content (AvgIpc) is 2.25. The first-order valence-corrected chi connectivity index (χ1v) is 5.63. The van der Waals surface area contributed by atoms with E-state index in [4.69, 9.17) is 5.73 Å². The highest BCUT2D eigenvalue weighted by molar-refractivity contribution is 5.85. The van der Waals surface area contributed by atoms with Crippen LogP contribution in [0.15, 0.2) is 18.3 Å². The molecular formula is C12H20ClN3. The summed E-state index contributed by atoms with van der Waals surface area (Å²) in [5, 5.41) is 0. The van der Waals surface area contributed by atoms with Gasteiger partial charge < -0.3 is 5.73 Å². The van der Waals surface area contributed by atoms with Crippen LogP contribution < -0.4 is 5.73 Å². The van der Waals surface area contributed by atoms with Crippen molar-refractivity contribution in [3.63, 3.8) is 0 Å². The number of pyridine rings is 1. The van der Waals surface area contributed by atoms with Gasteiger partial charge in [-0.1, -0.05) is 6.07 Å². The van der Waals surface area contributed by atoms with Crippen LogP contribution in [0.3, 0.4) is 0 Å². The van der Waals surface area contributed by atoms with E-state index < -0.39 is 0 Å². The number of rotatable bonds is 2. The molecule has 2 N–H and O–H groups in total. The summed E-state index contributed by atoms with van der Waals surface area (Å²) >= 11 is 0. The van der Waals surface area contributed by atoms with Crippen molar-refractivity contribution >= 4 is 12.4 Å². The van der Waals surface area contributed by atoms with E-state index in [9.17, 15) is 0 Å². The van der Waals surface area contributed by atoms with Gasteiger partial charge in [-0.15, -0.1) is 12.4 Å². The fourth-order valence-electron chi connectivity index (χ4n) is 1.93. The van der Waals surface area contributed by atoms with Gasteiger partial charge in [-0.25, -0.2) is 0 Å². The normalized spacial score (nSPS) is 18.1. The Morgan fingerprint density at radius 2 is 2.06 bits per heavy atom. The second-order valence-corrected chi connectivity index (χ2v) is 4.44. The third kappa shape index (κ3) is 3.74. The molecule has 0 unspecified atom stereocenters. The molecule has 4 heteroatoms. The average molecular weight is 242 g/mol. The molecule has 0 saturated carbocycles. The van der Waals surface area contributed by atoms with Crippen LogP contribution in [0.5, 0.6) is 0 Å². The van der Waals surface area contributed by atoms with E-state index in [1.807, 2.05) is 6.20 Å². The maximum Gasteiger partial charge on any atom is 0.0544 e. The van der Waals surface area contributed by atoms with Gasteiger partial charge in [0.1, 0.15) is 0 Å². The summed E-state index contributed by atoms with van der Waals surface area (Å²) in [6.45, 7) is 5.25. The topological polar surface area (TPSA) is 42.1 Å². The van der Waals surface area contributed by atoms with Crippen molar-refractivity contribution in [2.45, 2.75) is 32.4 Å². The molecule has 0 spiro atoms. The summed E-state index contributed by atoms with van der Waals surface area (Å²) in [6.07, 6.45) is 4.17. The van der Waals surface area contributed by atoms with Crippen molar-refractivity contribution in [1.29, 1.82) is 0 Å². The summed E-state index contributed by atoms with van der Waals surface area (Å²) in [4.78, 5) is 6.85. The zero-order valence-corrected chi connectivity index (χ0v) is 10.5. The molecule has 3 nitrogen and oxygen atoms in total. The van der Waals surface area contributed by atoms with E-state index in [-0.39, 0.29) is 12.4 Å². The molecule has 0 amide bonds. The predicted molar refractivity (Wildman–Crippen MR) is 68.7 cm³/mol. The molecule has 0 atom stereocenters. The van der Waals surface area contributed by atoms with Crippen molar-refractivity contribution in [2.24, 2.45) is 5.73 Å². The first kappa shape index (κ1) is 13.4. The lowest BCUT2D eigenvalue weighted by Crippen LogP contribution is -2.39. The fourth-order valence-corrected chi connectivity index (χ4v) is 1.93. The van der Waals surface area contributed by atoms with Gasteiger partial charge >= 0.3 is 0 Å². The fraction of sp³-hybridized carbons (Fsp3) is 0.583. The van der Waals surface area contributed by atoms with Gasteiger partial charge in [0, 0.05) is 31.9 Å². The lowest BCUT2D eigenvalue weighted by atomic mass is 10.1. The quantitative estimate of drug-likeness (QED) is 0.858. The Bertz CT molecular complexity index is 305. The number of hydrogen-bond acceptors (Lipinski definition) is 3. The smallest absolute Gasteiger partial charge is 0.0544 e. The summed E-state index contributed by atoms with van der Waals surface area (Å²) in [5.41, 5.74) is 8.25. The Kier molecular flexibility index (Phi) is 5.19. The molecule has 1 fully saturated rings. The molecule has 1 saturated heterocycles. The maximum atomic E-state index is 5.87. The van der Waals surface area contributed by atoms with Gasteiger partial charge in [0.2, 0.25) is 0 Å². The molecular weight excluding hydrogens is 222 g/mol. The molecule has 1 aromatic heterocycles. The number of halogens is 1. The minimum absolute atomic E-state index is 0. The van der Waals surface area contributed by atoms with Crippen molar-refractivity contribution in [3.05, 3.63) is 29.6 Å². The summed E-state index contributed by atoms with van der Waals surface area (Å²) in [7, 11) is 0. The molecule has 16 heavy (non-hydrogen) atoms. The molecule has 90 valence electrons. The predicted octanol–water partition coefficient (Wildman–Crippen LogP) is 1.73. The van der Waals surface area contributed by atoms with E-state index in [1.165, 1.54) is 5.56 Å². The molecule has 2 heterocycles. The minimum Gasteiger partial charge on any atom is -0.328 e. The monoisotopic (exact) mass is 241 g/mol. The number of piperidine rings is 1. The van der Waals surface area contributed by atoms with Crippen molar-refractivity contribution < 1.29 is 0 Å². The number of nitrogens with two attached hydrogens (primary N) is 1. The Hall–Kier alpha value is -0.640. The number of likely N-dealkylation sites (tertiary alicyclic amines) is 1. The first-order valence-electron chi connectivity index (χ1n) is 5.63. The maximum absolute atomic E-state index is 5.87. The van der Waals surface area contributed by atoms with Crippen LogP contribution in [0.1, 0.15) is 24.1 Å². The van der Waals surface area contributed by atoms with E-state index in [0.717, 1.165) is 38.2 Å². The van der Waals surface area contributed by atoms with Crippen LogP contribution in [-0.4, -0.2) is 29.0 Å². The highest BCUT2D eigenvalue weighted by Gasteiger charge is 2.15. The van der Waals surface area contributed by atoms with Gasteiger partial charge in [-0.3, -0.25) is 9.88 Å². The van der Waals surface area contributed by atoms with Crippen molar-refractivity contribution in [1.82, 2.24) is 9.88 Å². The second-order valence-electron chi connectivity index (χ2n) is 4.44. The van der Waals surface area contributed by atoms with Crippen LogP contribution in [0.4, 0.5) is 0 Å². The number of hydrogen-bond donors (Lipinski definition) is 1. The molecule has 1 aliphatic heterocycles. The van der Waals surface area contributed by atoms with Crippen LogP contribution in [-0.2, 0) is 6.54 Å². The lowest BCUT2D eigenvalue weighted by molar-refractivity contribution is 0.203. The molecule has 0 radical (unpaired) electrons. The number of aryl methyl sites for hydroxylation is 1. The Labute approximate surface area is 103 Å². The first-order chi connectivity index (χ1) is 7.24. The molecule has 1 aliphatic rings. The lowest BCUT2D eigenvalue weighted by Gasteiger charge is -2.29. The van der Waals surface area contributed by atoms with Crippen LogP contribution in [0.2, 0.25) is 0 Å². The van der Waals surface area contributed by atoms with E-state index in [2.05, 4.69) is 28.9 Å². The van der Waals surface area contributed by atoms with Gasteiger partial charge in [-0.05, 0) is 31.4 Å². The number of aromatic nitrogens is 1. The van der Waals surface area contributed by atoms with E-state index >= 15 is 0 Å². The Balaban J connectivity index is 0.00000128. The third-order valence-electron chi connectivity index (χ3n) is 2.99. The largest absolute Gasteiger partial charge is 0.328 e. The molecule has 0 bridgehead atoms. The van der Waals surface area contributed by atoms with E-state index in [1.54, 1.807) is 0 Å².